The maximum absolute atomic E-state index is 2.59. The van der Waals surface area contributed by atoms with Gasteiger partial charge in [-0.15, -0.1) is 0 Å². The molecule has 1 fully saturated rings. The molecular formula is C28H32N+. The van der Waals surface area contributed by atoms with Crippen LogP contribution in [0, 0.1) is 0 Å². The number of aromatic nitrogens is 1. The number of hydrogen-bond donors (Lipinski definition) is 0. The molecule has 1 aromatic heterocycles. The molecule has 1 aliphatic heterocycles. The maximum atomic E-state index is 2.59. The van der Waals surface area contributed by atoms with Gasteiger partial charge in [0, 0.05) is 17.5 Å². The normalized spacial score (nSPS) is 16.8. The van der Waals surface area contributed by atoms with E-state index in [0.717, 1.165) is 13.0 Å². The summed E-state index contributed by atoms with van der Waals surface area (Å²) in [4.78, 5) is 0. The average molecular weight is 383 g/mol. The predicted octanol–water partition coefficient (Wildman–Crippen LogP) is 6.91. The Kier molecular flexibility index (Phi) is 4.78. The van der Waals surface area contributed by atoms with Crippen molar-refractivity contribution in [1.29, 1.82) is 0 Å². The second-order valence-corrected chi connectivity index (χ2v) is 8.99. The standard InChI is InChI=1S/C28H32N/c1-3-28(4-2)20-29-26-14-6-5-13-23(26)16-18-27(29)24-19-22(15-17-25(24)28)12-8-11-21-9-7-10-21/h5-6,11,13-19H,3-4,7-10,12,20H2,1-2H3/q+1. The van der Waals surface area contributed by atoms with Crippen molar-refractivity contribution in [1.82, 2.24) is 0 Å². The van der Waals surface area contributed by atoms with Crippen molar-refractivity contribution in [3.05, 3.63) is 77.4 Å². The number of pyridine rings is 1. The molecule has 0 atom stereocenters. The Morgan fingerprint density at radius 2 is 1.79 bits per heavy atom. The molecule has 0 bridgehead atoms. The van der Waals surface area contributed by atoms with Crippen LogP contribution in [0.1, 0.15) is 63.5 Å². The Bertz CT molecular complexity index is 1080. The fourth-order valence-electron chi connectivity index (χ4n) is 5.36. The molecule has 0 amide bonds. The molecule has 3 aromatic rings. The number of para-hydroxylation sites is 1. The highest BCUT2D eigenvalue weighted by Gasteiger charge is 2.42. The van der Waals surface area contributed by atoms with Crippen LogP contribution in [0.3, 0.4) is 0 Å². The van der Waals surface area contributed by atoms with Gasteiger partial charge in [-0.25, -0.2) is 0 Å². The van der Waals surface area contributed by atoms with Crippen LogP contribution in [0.4, 0.5) is 0 Å². The molecule has 0 unspecified atom stereocenters. The summed E-state index contributed by atoms with van der Waals surface area (Å²) < 4.78 is 2.59. The lowest BCUT2D eigenvalue weighted by molar-refractivity contribution is -0.672. The quantitative estimate of drug-likeness (QED) is 0.333. The molecule has 0 radical (unpaired) electrons. The molecule has 2 aliphatic rings. The third-order valence-corrected chi connectivity index (χ3v) is 7.55. The molecule has 1 aliphatic carbocycles. The lowest BCUT2D eigenvalue weighted by atomic mass is 9.70. The Morgan fingerprint density at radius 3 is 2.55 bits per heavy atom. The zero-order valence-corrected chi connectivity index (χ0v) is 17.9. The Hall–Kier alpha value is -2.41. The van der Waals surface area contributed by atoms with Gasteiger partial charge in [-0.05, 0) is 74.3 Å². The molecule has 0 spiro atoms. The fourth-order valence-corrected chi connectivity index (χ4v) is 5.36. The van der Waals surface area contributed by atoms with Crippen LogP contribution in [-0.4, -0.2) is 0 Å². The van der Waals surface area contributed by atoms with E-state index in [9.17, 15) is 0 Å². The number of allylic oxidation sites excluding steroid dienone is 2. The molecule has 2 aromatic carbocycles. The lowest BCUT2D eigenvalue weighted by Crippen LogP contribution is -2.51. The zero-order valence-electron chi connectivity index (χ0n) is 17.9. The van der Waals surface area contributed by atoms with Crippen molar-refractivity contribution in [3.8, 4) is 11.3 Å². The molecule has 2 heterocycles. The summed E-state index contributed by atoms with van der Waals surface area (Å²) in [7, 11) is 0. The zero-order chi connectivity index (χ0) is 19.8. The van der Waals surface area contributed by atoms with Gasteiger partial charge in [0.1, 0.15) is 0 Å². The van der Waals surface area contributed by atoms with E-state index in [4.69, 9.17) is 0 Å². The van der Waals surface area contributed by atoms with Crippen LogP contribution in [-0.2, 0) is 18.4 Å². The Morgan fingerprint density at radius 1 is 0.966 bits per heavy atom. The first-order chi connectivity index (χ1) is 14.2. The Labute approximate surface area is 175 Å². The second-order valence-electron chi connectivity index (χ2n) is 8.99. The van der Waals surface area contributed by atoms with E-state index >= 15 is 0 Å². The van der Waals surface area contributed by atoms with Crippen LogP contribution in [0.2, 0.25) is 0 Å². The minimum absolute atomic E-state index is 0.226. The molecule has 1 saturated carbocycles. The second kappa shape index (κ2) is 7.44. The van der Waals surface area contributed by atoms with Gasteiger partial charge in [-0.3, -0.25) is 0 Å². The summed E-state index contributed by atoms with van der Waals surface area (Å²) in [5.41, 5.74) is 9.13. The molecular weight excluding hydrogens is 350 g/mol. The maximum Gasteiger partial charge on any atom is 0.213 e. The van der Waals surface area contributed by atoms with Crippen LogP contribution < -0.4 is 4.57 Å². The fraction of sp³-hybridized carbons (Fsp3) is 0.393. The average Bonchev–Trinajstić information content (AvgIpc) is 2.74. The van der Waals surface area contributed by atoms with Crippen LogP contribution in [0.15, 0.2) is 66.2 Å². The van der Waals surface area contributed by atoms with Gasteiger partial charge in [0.15, 0.2) is 6.54 Å². The van der Waals surface area contributed by atoms with Gasteiger partial charge < -0.3 is 0 Å². The molecule has 0 N–H and O–H groups in total. The van der Waals surface area contributed by atoms with E-state index in [-0.39, 0.29) is 5.41 Å². The van der Waals surface area contributed by atoms with Crippen molar-refractivity contribution < 1.29 is 4.57 Å². The number of aryl methyl sites for hydroxylation is 1. The van der Waals surface area contributed by atoms with Crippen molar-refractivity contribution in [3.63, 3.8) is 0 Å². The highest BCUT2D eigenvalue weighted by atomic mass is 15.0. The third-order valence-electron chi connectivity index (χ3n) is 7.55. The first-order valence-electron chi connectivity index (χ1n) is 11.5. The van der Waals surface area contributed by atoms with Crippen LogP contribution in [0.5, 0.6) is 0 Å². The van der Waals surface area contributed by atoms with Gasteiger partial charge >= 0.3 is 0 Å². The van der Waals surface area contributed by atoms with E-state index in [2.05, 4.69) is 79.1 Å². The van der Waals surface area contributed by atoms with Crippen molar-refractivity contribution in [2.24, 2.45) is 0 Å². The van der Waals surface area contributed by atoms with E-state index in [1.807, 2.05) is 0 Å². The van der Waals surface area contributed by atoms with Crippen LogP contribution >= 0.6 is 0 Å². The topological polar surface area (TPSA) is 3.88 Å². The van der Waals surface area contributed by atoms with Gasteiger partial charge in [0.05, 0.1) is 11.0 Å². The van der Waals surface area contributed by atoms with E-state index in [1.165, 1.54) is 66.2 Å². The number of fused-ring (bicyclic) bond motifs is 5. The van der Waals surface area contributed by atoms with Crippen molar-refractivity contribution >= 4 is 10.9 Å². The smallest absolute Gasteiger partial charge is 0.190 e. The number of benzene rings is 2. The van der Waals surface area contributed by atoms with E-state index in [1.54, 1.807) is 11.1 Å². The third kappa shape index (κ3) is 3.12. The SMILES string of the molecule is CCC1(CC)C[n+]2c(ccc3ccccc32)-c2cc(CCC=C3CCC3)ccc21. The summed E-state index contributed by atoms with van der Waals surface area (Å²) in [5.74, 6) is 0. The molecule has 0 saturated heterocycles. The number of rotatable bonds is 5. The van der Waals surface area contributed by atoms with Gasteiger partial charge in [0.25, 0.3) is 0 Å². The highest BCUT2D eigenvalue weighted by Crippen LogP contribution is 2.42. The van der Waals surface area contributed by atoms with Crippen molar-refractivity contribution in [2.45, 2.75) is 70.8 Å². The van der Waals surface area contributed by atoms with E-state index in [0.29, 0.717) is 0 Å². The summed E-state index contributed by atoms with van der Waals surface area (Å²) in [6, 6.07) is 20.8. The Balaban J connectivity index is 1.61. The number of nitrogens with zero attached hydrogens (tertiary/aromatic N) is 1. The summed E-state index contributed by atoms with van der Waals surface area (Å²) in [6.07, 6.45) is 11.2. The van der Waals surface area contributed by atoms with Crippen LogP contribution in [0.25, 0.3) is 22.2 Å². The number of hydrogen-bond acceptors (Lipinski definition) is 0. The molecule has 5 rings (SSSR count). The first-order valence-corrected chi connectivity index (χ1v) is 11.5. The van der Waals surface area contributed by atoms with Crippen molar-refractivity contribution in [2.75, 3.05) is 0 Å². The van der Waals surface area contributed by atoms with Gasteiger partial charge in [-0.1, -0.05) is 49.8 Å². The summed E-state index contributed by atoms with van der Waals surface area (Å²) in [6.45, 7) is 5.81. The minimum Gasteiger partial charge on any atom is -0.190 e. The molecule has 29 heavy (non-hydrogen) atoms. The molecule has 148 valence electrons. The largest absolute Gasteiger partial charge is 0.213 e. The van der Waals surface area contributed by atoms with Gasteiger partial charge in [0.2, 0.25) is 11.2 Å². The molecule has 1 nitrogen and oxygen atoms in total. The molecule has 1 heteroatoms. The predicted molar refractivity (Wildman–Crippen MR) is 122 cm³/mol. The monoisotopic (exact) mass is 382 g/mol. The van der Waals surface area contributed by atoms with E-state index < -0.39 is 0 Å². The summed E-state index contributed by atoms with van der Waals surface area (Å²) >= 11 is 0. The first kappa shape index (κ1) is 18.6. The minimum atomic E-state index is 0.226. The summed E-state index contributed by atoms with van der Waals surface area (Å²) in [5, 5.41) is 1.34. The van der Waals surface area contributed by atoms with Gasteiger partial charge in [-0.2, -0.15) is 4.57 Å². The lowest BCUT2D eigenvalue weighted by Gasteiger charge is -2.35. The highest BCUT2D eigenvalue weighted by molar-refractivity contribution is 5.78.